The zero-order valence-electron chi connectivity index (χ0n) is 10.2. The van der Waals surface area contributed by atoms with Gasteiger partial charge in [-0.3, -0.25) is 4.79 Å². The van der Waals surface area contributed by atoms with Gasteiger partial charge in [-0.15, -0.1) is 0 Å². The molecule has 0 radical (unpaired) electrons. The van der Waals surface area contributed by atoms with E-state index in [1.54, 1.807) is 0 Å². The second-order valence-electron chi connectivity index (χ2n) is 4.70. The van der Waals surface area contributed by atoms with Crippen LogP contribution in [0.3, 0.4) is 0 Å². The molecule has 3 atom stereocenters. The van der Waals surface area contributed by atoms with Crippen molar-refractivity contribution in [2.45, 2.75) is 51.2 Å². The molecular weight excluding hydrogens is 206 g/mol. The third-order valence-electron chi connectivity index (χ3n) is 3.30. The predicted molar refractivity (Wildman–Crippen MR) is 62.1 cm³/mol. The van der Waals surface area contributed by atoms with Crippen molar-refractivity contribution in [2.24, 2.45) is 5.92 Å². The lowest BCUT2D eigenvalue weighted by atomic mass is 9.86. The van der Waals surface area contributed by atoms with Crippen molar-refractivity contribution in [3.8, 4) is 0 Å². The van der Waals surface area contributed by atoms with Crippen molar-refractivity contribution in [2.75, 3.05) is 13.7 Å². The average Bonchev–Trinajstić information content (AvgIpc) is 2.28. The molecule has 1 aliphatic carbocycles. The van der Waals surface area contributed by atoms with Crippen LogP contribution >= 0.6 is 0 Å². The van der Waals surface area contributed by atoms with E-state index in [9.17, 15) is 9.90 Å². The molecule has 4 heteroatoms. The maximum atomic E-state index is 11.0. The third-order valence-corrected chi connectivity index (χ3v) is 3.30. The van der Waals surface area contributed by atoms with Crippen molar-refractivity contribution in [1.29, 1.82) is 0 Å². The van der Waals surface area contributed by atoms with Crippen LogP contribution in [-0.2, 0) is 9.53 Å². The molecule has 0 bridgehead atoms. The highest BCUT2D eigenvalue weighted by molar-refractivity contribution is 5.69. The minimum atomic E-state index is -0.191. The van der Waals surface area contributed by atoms with Crippen LogP contribution in [0.25, 0.3) is 0 Å². The molecule has 0 amide bonds. The molecule has 1 saturated carbocycles. The summed E-state index contributed by atoms with van der Waals surface area (Å²) in [4.78, 5) is 11.0. The van der Waals surface area contributed by atoms with Crippen LogP contribution in [0.15, 0.2) is 0 Å². The highest BCUT2D eigenvalue weighted by Gasteiger charge is 2.23. The smallest absolute Gasteiger partial charge is 0.307 e. The molecule has 94 valence electrons. The Morgan fingerprint density at radius 2 is 2.19 bits per heavy atom. The highest BCUT2D eigenvalue weighted by atomic mass is 16.5. The van der Waals surface area contributed by atoms with Gasteiger partial charge in [0.05, 0.1) is 19.6 Å². The van der Waals surface area contributed by atoms with Crippen molar-refractivity contribution in [3.63, 3.8) is 0 Å². The number of methoxy groups -OCH3 is 1. The Hall–Kier alpha value is -0.610. The summed E-state index contributed by atoms with van der Waals surface area (Å²) in [5.41, 5.74) is 0. The first-order valence-corrected chi connectivity index (χ1v) is 6.11. The fourth-order valence-electron chi connectivity index (χ4n) is 2.18. The number of hydrogen-bond donors (Lipinski definition) is 2. The number of carbonyl (C=O) groups is 1. The van der Waals surface area contributed by atoms with Crippen LogP contribution in [0.4, 0.5) is 0 Å². The van der Waals surface area contributed by atoms with Crippen molar-refractivity contribution in [1.82, 2.24) is 5.32 Å². The summed E-state index contributed by atoms with van der Waals surface area (Å²) >= 11 is 0. The van der Waals surface area contributed by atoms with Crippen LogP contribution in [0, 0.1) is 5.92 Å². The summed E-state index contributed by atoms with van der Waals surface area (Å²) in [6, 6.07) is 0.113. The monoisotopic (exact) mass is 229 g/mol. The zero-order valence-corrected chi connectivity index (χ0v) is 10.2. The Labute approximate surface area is 97.4 Å². The summed E-state index contributed by atoms with van der Waals surface area (Å²) in [7, 11) is 1.40. The molecule has 16 heavy (non-hydrogen) atoms. The normalized spacial score (nSPS) is 27.4. The van der Waals surface area contributed by atoms with E-state index in [-0.39, 0.29) is 18.1 Å². The topological polar surface area (TPSA) is 58.6 Å². The van der Waals surface area contributed by atoms with E-state index in [0.717, 1.165) is 25.8 Å². The summed E-state index contributed by atoms with van der Waals surface area (Å²) < 4.78 is 4.61. The van der Waals surface area contributed by atoms with Crippen molar-refractivity contribution >= 4 is 5.97 Å². The number of aliphatic hydroxyl groups is 1. The van der Waals surface area contributed by atoms with Gasteiger partial charge in [0.25, 0.3) is 0 Å². The Morgan fingerprint density at radius 1 is 1.50 bits per heavy atom. The van der Waals surface area contributed by atoms with Gasteiger partial charge in [-0.25, -0.2) is 0 Å². The first-order chi connectivity index (χ1) is 7.63. The first kappa shape index (κ1) is 13.5. The molecule has 0 aliphatic heterocycles. The Balaban J connectivity index is 2.19. The third kappa shape index (κ3) is 4.49. The number of nitrogens with one attached hydrogen (secondary N) is 1. The van der Waals surface area contributed by atoms with E-state index >= 15 is 0 Å². The van der Waals surface area contributed by atoms with Gasteiger partial charge in [0, 0.05) is 12.6 Å². The van der Waals surface area contributed by atoms with E-state index in [0.29, 0.717) is 12.3 Å². The van der Waals surface area contributed by atoms with Gasteiger partial charge in [0.1, 0.15) is 0 Å². The molecule has 1 rings (SSSR count). The molecule has 3 unspecified atom stereocenters. The predicted octanol–water partition coefficient (Wildman–Crippen LogP) is 1.08. The molecule has 0 aromatic heterocycles. The van der Waals surface area contributed by atoms with Gasteiger partial charge in [-0.1, -0.05) is 12.8 Å². The van der Waals surface area contributed by atoms with E-state index in [1.807, 2.05) is 6.92 Å². The van der Waals surface area contributed by atoms with Gasteiger partial charge in [0.2, 0.25) is 0 Å². The molecule has 0 saturated heterocycles. The number of aliphatic hydroxyl groups excluding tert-OH is 1. The summed E-state index contributed by atoms with van der Waals surface area (Å²) in [6.07, 6.45) is 4.55. The lowest BCUT2D eigenvalue weighted by molar-refractivity contribution is -0.141. The van der Waals surface area contributed by atoms with Gasteiger partial charge < -0.3 is 15.2 Å². The van der Waals surface area contributed by atoms with Gasteiger partial charge in [-0.05, 0) is 25.7 Å². The van der Waals surface area contributed by atoms with E-state index in [1.165, 1.54) is 13.5 Å². The van der Waals surface area contributed by atoms with E-state index < -0.39 is 0 Å². The minimum absolute atomic E-state index is 0.113. The molecule has 2 N–H and O–H groups in total. The average molecular weight is 229 g/mol. The first-order valence-electron chi connectivity index (χ1n) is 6.11. The van der Waals surface area contributed by atoms with E-state index in [2.05, 4.69) is 10.1 Å². The van der Waals surface area contributed by atoms with Gasteiger partial charge in [-0.2, -0.15) is 0 Å². The maximum Gasteiger partial charge on any atom is 0.307 e. The van der Waals surface area contributed by atoms with Crippen molar-refractivity contribution in [3.05, 3.63) is 0 Å². The number of esters is 1. The summed E-state index contributed by atoms with van der Waals surface area (Å²) in [5.74, 6) is 0.151. The summed E-state index contributed by atoms with van der Waals surface area (Å²) in [6.45, 7) is 2.76. The number of rotatable bonds is 5. The highest BCUT2D eigenvalue weighted by Crippen LogP contribution is 2.23. The van der Waals surface area contributed by atoms with Crippen LogP contribution in [0.1, 0.15) is 39.0 Å². The standard InChI is InChI=1S/C12H23NO3/c1-9(7-12(15)16-2)13-8-10-5-3-4-6-11(10)14/h9-11,13-14H,3-8H2,1-2H3. The molecule has 4 nitrogen and oxygen atoms in total. The molecule has 0 heterocycles. The molecule has 1 fully saturated rings. The lowest BCUT2D eigenvalue weighted by Crippen LogP contribution is -2.38. The molecule has 0 spiro atoms. The molecule has 1 aliphatic rings. The minimum Gasteiger partial charge on any atom is -0.469 e. The van der Waals surface area contributed by atoms with Crippen LogP contribution in [0.5, 0.6) is 0 Å². The van der Waals surface area contributed by atoms with Crippen molar-refractivity contribution < 1.29 is 14.6 Å². The number of hydrogen-bond acceptors (Lipinski definition) is 4. The van der Waals surface area contributed by atoms with Gasteiger partial charge in [0.15, 0.2) is 0 Å². The lowest BCUT2D eigenvalue weighted by Gasteiger charge is -2.28. The van der Waals surface area contributed by atoms with Crippen LogP contribution in [-0.4, -0.2) is 36.9 Å². The summed E-state index contributed by atoms with van der Waals surface area (Å²) in [5, 5.41) is 13.1. The fraction of sp³-hybridized carbons (Fsp3) is 0.917. The Morgan fingerprint density at radius 3 is 2.81 bits per heavy atom. The second kappa shape index (κ2) is 6.86. The SMILES string of the molecule is COC(=O)CC(C)NCC1CCCCC1O. The molecule has 0 aromatic rings. The van der Waals surface area contributed by atoms with Gasteiger partial charge >= 0.3 is 5.97 Å². The fourth-order valence-corrected chi connectivity index (χ4v) is 2.18. The number of carbonyl (C=O) groups excluding carboxylic acids is 1. The Bertz CT molecular complexity index is 220. The van der Waals surface area contributed by atoms with Crippen LogP contribution in [0.2, 0.25) is 0 Å². The second-order valence-corrected chi connectivity index (χ2v) is 4.70. The molecule has 0 aromatic carbocycles. The maximum absolute atomic E-state index is 11.0. The Kier molecular flexibility index (Phi) is 5.77. The van der Waals surface area contributed by atoms with E-state index in [4.69, 9.17) is 0 Å². The molecular formula is C12H23NO3. The quantitative estimate of drug-likeness (QED) is 0.693. The van der Waals surface area contributed by atoms with Crippen LogP contribution < -0.4 is 5.32 Å². The number of ether oxygens (including phenoxy) is 1. The largest absolute Gasteiger partial charge is 0.469 e. The zero-order chi connectivity index (χ0) is 12.0.